The number of benzene rings is 1. The number of alkyl halides is 3. The van der Waals surface area contributed by atoms with Crippen LogP contribution in [-0.2, 0) is 14.3 Å². The topological polar surface area (TPSA) is 49.9 Å². The smallest absolute Gasteiger partial charge is 0.395 e. The number of hydrogen-bond acceptors (Lipinski definition) is 4. The molecule has 152 valence electrons. The molecule has 0 bridgehead atoms. The molecular weight excluding hydrogens is 373 g/mol. The Labute approximate surface area is 161 Å². The number of halogens is 3. The Morgan fingerprint density at radius 1 is 1.11 bits per heavy atom. The Morgan fingerprint density at radius 2 is 1.79 bits per heavy atom. The van der Waals surface area contributed by atoms with Crippen LogP contribution in [0, 0.1) is 11.8 Å². The third-order valence-corrected chi connectivity index (χ3v) is 6.01. The summed E-state index contributed by atoms with van der Waals surface area (Å²) in [5.74, 6) is -0.886. The van der Waals surface area contributed by atoms with Gasteiger partial charge >= 0.3 is 12.1 Å². The predicted octanol–water partition coefficient (Wildman–Crippen LogP) is 2.95. The third kappa shape index (κ3) is 3.95. The molecule has 3 saturated heterocycles. The fourth-order valence-electron chi connectivity index (χ4n) is 3.98. The number of carbonyl (C=O) groups excluding carboxylic acids is 2. The van der Waals surface area contributed by atoms with Crippen molar-refractivity contribution in [1.29, 1.82) is 0 Å². The van der Waals surface area contributed by atoms with Gasteiger partial charge in [0.2, 0.25) is 5.91 Å². The maximum atomic E-state index is 12.6. The molecular formula is C20H23F3N2O3. The molecule has 0 N–H and O–H groups in total. The number of nitrogens with zero attached hydrogens (tertiary/aromatic N) is 2. The molecule has 3 aliphatic rings. The molecule has 1 aromatic rings. The Balaban J connectivity index is 1.20. The highest BCUT2D eigenvalue weighted by atomic mass is 19.4. The van der Waals surface area contributed by atoms with Gasteiger partial charge in [0.05, 0.1) is 18.9 Å². The van der Waals surface area contributed by atoms with Crippen LogP contribution in [0.25, 0.3) is 0 Å². The average molecular weight is 396 g/mol. The molecule has 8 heteroatoms. The molecule has 1 atom stereocenters. The van der Waals surface area contributed by atoms with Gasteiger partial charge < -0.3 is 14.5 Å². The van der Waals surface area contributed by atoms with Crippen molar-refractivity contribution in [2.24, 2.45) is 11.8 Å². The van der Waals surface area contributed by atoms with Gasteiger partial charge in [-0.3, -0.25) is 9.59 Å². The zero-order valence-corrected chi connectivity index (χ0v) is 15.5. The van der Waals surface area contributed by atoms with E-state index in [1.165, 1.54) is 0 Å². The summed E-state index contributed by atoms with van der Waals surface area (Å²) in [7, 11) is 0. The first kappa shape index (κ1) is 19.1. The number of cyclic esters (lactones) is 1. The lowest BCUT2D eigenvalue weighted by Crippen LogP contribution is -2.53. The number of hydrogen-bond donors (Lipinski definition) is 0. The molecule has 0 radical (unpaired) electrons. The summed E-state index contributed by atoms with van der Waals surface area (Å²) < 4.78 is 42.7. The van der Waals surface area contributed by atoms with Crippen LogP contribution in [0.5, 0.6) is 0 Å². The van der Waals surface area contributed by atoms with Crippen molar-refractivity contribution in [2.45, 2.75) is 31.4 Å². The van der Waals surface area contributed by atoms with E-state index < -0.39 is 12.1 Å². The summed E-state index contributed by atoms with van der Waals surface area (Å²) in [6, 6.07) is 7.63. The predicted molar refractivity (Wildman–Crippen MR) is 95.8 cm³/mol. The van der Waals surface area contributed by atoms with Crippen molar-refractivity contribution in [2.75, 3.05) is 37.7 Å². The number of carbonyl (C=O) groups is 2. The zero-order valence-electron chi connectivity index (χ0n) is 15.5. The molecule has 0 aromatic heterocycles. The standard InChI is InChI=1S/C20H23F3N2O3/c21-20(22,23)16-10-24(11-16)17-4-2-14(3-5-17)15-8-25(9-15)18(26)6-1-13-7-19(27)28-12-13/h2-5,13,15-16H,1,6-12H2/t13-/m0/s1. The van der Waals surface area contributed by atoms with Crippen molar-refractivity contribution in [3.8, 4) is 0 Å². The van der Waals surface area contributed by atoms with Crippen molar-refractivity contribution < 1.29 is 27.5 Å². The lowest BCUT2D eigenvalue weighted by atomic mass is 9.90. The molecule has 0 unspecified atom stereocenters. The highest BCUT2D eigenvalue weighted by molar-refractivity contribution is 5.77. The Morgan fingerprint density at radius 3 is 2.36 bits per heavy atom. The molecule has 0 aliphatic carbocycles. The average Bonchev–Trinajstić information content (AvgIpc) is 2.96. The summed E-state index contributed by atoms with van der Waals surface area (Å²) in [5.41, 5.74) is 1.92. The van der Waals surface area contributed by atoms with Crippen molar-refractivity contribution >= 4 is 17.6 Å². The van der Waals surface area contributed by atoms with Crippen LogP contribution in [0.4, 0.5) is 18.9 Å². The number of likely N-dealkylation sites (tertiary alicyclic amines) is 1. The van der Waals surface area contributed by atoms with Gasteiger partial charge in [-0.15, -0.1) is 0 Å². The number of anilines is 1. The molecule has 4 rings (SSSR count). The second-order valence-corrected chi connectivity index (χ2v) is 8.02. The SMILES string of the molecule is O=C1C[C@H](CCC(=O)N2CC(c3ccc(N4CC(C(F)(F)F)C4)cc3)C2)CO1. The van der Waals surface area contributed by atoms with Crippen molar-refractivity contribution in [1.82, 2.24) is 4.90 Å². The first-order chi connectivity index (χ1) is 13.3. The van der Waals surface area contributed by atoms with Crippen molar-refractivity contribution in [3.05, 3.63) is 29.8 Å². The van der Waals surface area contributed by atoms with E-state index in [0.29, 0.717) is 39.0 Å². The number of amides is 1. The van der Waals surface area contributed by atoms with Gasteiger partial charge in [0.1, 0.15) is 0 Å². The molecule has 0 saturated carbocycles. The van der Waals surface area contributed by atoms with E-state index in [4.69, 9.17) is 4.74 Å². The zero-order chi connectivity index (χ0) is 19.9. The first-order valence-corrected chi connectivity index (χ1v) is 9.64. The fourth-order valence-corrected chi connectivity index (χ4v) is 3.98. The van der Waals surface area contributed by atoms with Crippen LogP contribution in [0.2, 0.25) is 0 Å². The number of esters is 1. The lowest BCUT2D eigenvalue weighted by molar-refractivity contribution is -0.180. The lowest BCUT2D eigenvalue weighted by Gasteiger charge is -2.42. The molecule has 0 spiro atoms. The van der Waals surface area contributed by atoms with Crippen molar-refractivity contribution in [3.63, 3.8) is 0 Å². The van der Waals surface area contributed by atoms with E-state index >= 15 is 0 Å². The summed E-state index contributed by atoms with van der Waals surface area (Å²) in [6.07, 6.45) is -2.60. The van der Waals surface area contributed by atoms with Gasteiger partial charge in [0.25, 0.3) is 0 Å². The maximum absolute atomic E-state index is 12.6. The second kappa shape index (κ2) is 7.29. The van der Waals surface area contributed by atoms with E-state index in [9.17, 15) is 22.8 Å². The minimum Gasteiger partial charge on any atom is -0.465 e. The van der Waals surface area contributed by atoms with Crippen LogP contribution in [0.15, 0.2) is 24.3 Å². The van der Waals surface area contributed by atoms with E-state index in [0.717, 1.165) is 11.3 Å². The Bertz CT molecular complexity index is 738. The van der Waals surface area contributed by atoms with Gasteiger partial charge in [-0.05, 0) is 24.1 Å². The summed E-state index contributed by atoms with van der Waals surface area (Å²) in [5, 5.41) is 0. The van der Waals surface area contributed by atoms with Crippen LogP contribution >= 0.6 is 0 Å². The molecule has 1 amide bonds. The summed E-state index contributed by atoms with van der Waals surface area (Å²) in [4.78, 5) is 26.9. The van der Waals surface area contributed by atoms with Crippen LogP contribution in [-0.4, -0.2) is 55.7 Å². The van der Waals surface area contributed by atoms with Gasteiger partial charge in [-0.2, -0.15) is 13.2 Å². The van der Waals surface area contributed by atoms with Gasteiger partial charge in [-0.25, -0.2) is 0 Å². The quantitative estimate of drug-likeness (QED) is 0.718. The Kier molecular flexibility index (Phi) is 4.97. The minimum atomic E-state index is -4.11. The van der Waals surface area contributed by atoms with E-state index in [2.05, 4.69) is 0 Å². The molecule has 3 fully saturated rings. The summed E-state index contributed by atoms with van der Waals surface area (Å²) in [6.45, 7) is 1.79. The van der Waals surface area contributed by atoms with E-state index in [1.54, 1.807) is 4.90 Å². The van der Waals surface area contributed by atoms with E-state index in [-0.39, 0.29) is 36.8 Å². The van der Waals surface area contributed by atoms with Crippen LogP contribution in [0.1, 0.15) is 30.7 Å². The third-order valence-electron chi connectivity index (χ3n) is 6.01. The first-order valence-electron chi connectivity index (χ1n) is 9.64. The highest BCUT2D eigenvalue weighted by Gasteiger charge is 2.47. The highest BCUT2D eigenvalue weighted by Crippen LogP contribution is 2.37. The minimum absolute atomic E-state index is 0.0200. The summed E-state index contributed by atoms with van der Waals surface area (Å²) >= 11 is 0. The fraction of sp³-hybridized carbons (Fsp3) is 0.600. The van der Waals surface area contributed by atoms with Gasteiger partial charge in [0.15, 0.2) is 0 Å². The molecule has 1 aromatic carbocycles. The number of rotatable bonds is 5. The van der Waals surface area contributed by atoms with Gasteiger partial charge in [-0.1, -0.05) is 12.1 Å². The largest absolute Gasteiger partial charge is 0.465 e. The second-order valence-electron chi connectivity index (χ2n) is 8.02. The van der Waals surface area contributed by atoms with Crippen LogP contribution < -0.4 is 4.90 Å². The normalized spacial score (nSPS) is 23.4. The number of ether oxygens (including phenoxy) is 1. The molecule has 5 nitrogen and oxygen atoms in total. The molecule has 3 heterocycles. The maximum Gasteiger partial charge on any atom is 0.395 e. The van der Waals surface area contributed by atoms with Crippen LogP contribution in [0.3, 0.4) is 0 Å². The van der Waals surface area contributed by atoms with Gasteiger partial charge in [0, 0.05) is 50.1 Å². The Hall–Kier alpha value is -2.25. The monoisotopic (exact) mass is 396 g/mol. The molecule has 3 aliphatic heterocycles. The van der Waals surface area contributed by atoms with E-state index in [1.807, 2.05) is 29.2 Å². The molecule has 28 heavy (non-hydrogen) atoms.